The molecule has 1 aliphatic heterocycles. The van der Waals surface area contributed by atoms with Crippen LogP contribution in [0.15, 0.2) is 24.3 Å². The molecule has 0 unspecified atom stereocenters. The van der Waals surface area contributed by atoms with E-state index in [1.807, 2.05) is 6.07 Å². The van der Waals surface area contributed by atoms with Gasteiger partial charge in [-0.15, -0.1) is 6.42 Å². The number of hydrogen-bond donors (Lipinski definition) is 0. The molecule has 0 radical (unpaired) electrons. The molecule has 1 atom stereocenters. The van der Waals surface area contributed by atoms with Gasteiger partial charge >= 0.3 is 5.97 Å². The average molecular weight is 268 g/mol. The molecule has 0 bridgehead atoms. The molecule has 1 saturated heterocycles. The number of hydrogen-bond acceptors (Lipinski definition) is 4. The number of esters is 1. The number of benzene rings is 1. The summed E-state index contributed by atoms with van der Waals surface area (Å²) in [6.07, 6.45) is 7.39. The van der Waals surface area contributed by atoms with Gasteiger partial charge in [0.1, 0.15) is 6.61 Å². The Bertz CT molecular complexity index is 569. The Hall–Kier alpha value is -2.30. The number of carbonyl (C=O) groups is 1. The van der Waals surface area contributed by atoms with Crippen molar-refractivity contribution in [1.82, 2.24) is 4.90 Å². The topological polar surface area (TPSA) is 53.3 Å². The fourth-order valence-corrected chi connectivity index (χ4v) is 2.38. The zero-order valence-electron chi connectivity index (χ0n) is 11.2. The lowest BCUT2D eigenvalue weighted by molar-refractivity contribution is 0.0407. The van der Waals surface area contributed by atoms with Gasteiger partial charge in [-0.2, -0.15) is 5.26 Å². The van der Waals surface area contributed by atoms with E-state index in [0.29, 0.717) is 24.3 Å². The number of carbonyl (C=O) groups excluding carboxylic acids is 1. The molecule has 1 heterocycles. The monoisotopic (exact) mass is 268 g/mol. The maximum absolute atomic E-state index is 11.9. The van der Waals surface area contributed by atoms with Gasteiger partial charge in [0.05, 0.1) is 23.7 Å². The minimum absolute atomic E-state index is 0.203. The molecule has 0 aromatic heterocycles. The van der Waals surface area contributed by atoms with Crippen LogP contribution in [0, 0.1) is 23.7 Å². The molecule has 0 saturated carbocycles. The van der Waals surface area contributed by atoms with Crippen molar-refractivity contribution >= 4 is 5.97 Å². The zero-order valence-corrected chi connectivity index (χ0v) is 11.2. The summed E-state index contributed by atoms with van der Waals surface area (Å²) in [7, 11) is 0. The van der Waals surface area contributed by atoms with E-state index >= 15 is 0 Å². The summed E-state index contributed by atoms with van der Waals surface area (Å²) in [6.45, 7) is 1.89. The fourth-order valence-electron chi connectivity index (χ4n) is 2.38. The highest BCUT2D eigenvalue weighted by atomic mass is 16.5. The number of rotatable bonds is 4. The molecule has 0 amide bonds. The molecule has 0 N–H and O–H groups in total. The van der Waals surface area contributed by atoms with Crippen LogP contribution in [0.2, 0.25) is 0 Å². The number of likely N-dealkylation sites (tertiary alicyclic amines) is 1. The number of ether oxygens (including phenoxy) is 1. The second-order valence-electron chi connectivity index (χ2n) is 4.76. The molecule has 1 aromatic carbocycles. The molecule has 102 valence electrons. The molecule has 1 fully saturated rings. The minimum Gasteiger partial charge on any atom is -0.460 e. The van der Waals surface area contributed by atoms with E-state index in [4.69, 9.17) is 16.4 Å². The lowest BCUT2D eigenvalue weighted by Crippen LogP contribution is -2.34. The van der Waals surface area contributed by atoms with Crippen molar-refractivity contribution in [3.63, 3.8) is 0 Å². The highest BCUT2D eigenvalue weighted by Crippen LogP contribution is 2.17. The van der Waals surface area contributed by atoms with Crippen LogP contribution in [0.25, 0.3) is 0 Å². The predicted molar refractivity (Wildman–Crippen MR) is 74.9 cm³/mol. The molecule has 1 aromatic rings. The molecular weight excluding hydrogens is 252 g/mol. The van der Waals surface area contributed by atoms with Crippen molar-refractivity contribution in [3.8, 4) is 18.4 Å². The molecule has 0 spiro atoms. The third kappa shape index (κ3) is 3.38. The van der Waals surface area contributed by atoms with Crippen LogP contribution in [0.3, 0.4) is 0 Å². The Morgan fingerprint density at radius 1 is 1.55 bits per heavy atom. The van der Waals surface area contributed by atoms with E-state index < -0.39 is 5.97 Å². The summed E-state index contributed by atoms with van der Waals surface area (Å²) in [5.41, 5.74) is 0.861. The van der Waals surface area contributed by atoms with Crippen LogP contribution in [0.5, 0.6) is 0 Å². The predicted octanol–water partition coefficient (Wildman–Crippen LogP) is 1.81. The first-order valence-corrected chi connectivity index (χ1v) is 6.59. The minimum atomic E-state index is -0.394. The Morgan fingerprint density at radius 2 is 2.40 bits per heavy atom. The van der Waals surface area contributed by atoms with Gasteiger partial charge in [-0.1, -0.05) is 12.0 Å². The normalized spacial score (nSPS) is 18.2. The van der Waals surface area contributed by atoms with Crippen molar-refractivity contribution < 1.29 is 9.53 Å². The van der Waals surface area contributed by atoms with Crippen LogP contribution < -0.4 is 0 Å². The first-order valence-electron chi connectivity index (χ1n) is 6.59. The Morgan fingerprint density at radius 3 is 3.15 bits per heavy atom. The van der Waals surface area contributed by atoms with Gasteiger partial charge in [-0.25, -0.2) is 4.79 Å². The van der Waals surface area contributed by atoms with Gasteiger partial charge in [0.25, 0.3) is 0 Å². The van der Waals surface area contributed by atoms with Crippen molar-refractivity contribution in [2.45, 2.75) is 18.9 Å². The van der Waals surface area contributed by atoms with Crippen molar-refractivity contribution in [1.29, 1.82) is 5.26 Å². The Kier molecular flexibility index (Phi) is 4.76. The van der Waals surface area contributed by atoms with Gasteiger partial charge in [0.15, 0.2) is 0 Å². The van der Waals surface area contributed by atoms with E-state index in [1.165, 1.54) is 6.07 Å². The van der Waals surface area contributed by atoms with Crippen LogP contribution in [-0.4, -0.2) is 36.6 Å². The van der Waals surface area contributed by atoms with Crippen molar-refractivity contribution in [2.75, 3.05) is 19.7 Å². The summed E-state index contributed by atoms with van der Waals surface area (Å²) in [5.74, 6) is 2.23. The van der Waals surface area contributed by atoms with Gasteiger partial charge in [-0.3, -0.25) is 4.90 Å². The lowest BCUT2D eigenvalue weighted by Gasteiger charge is -2.21. The number of terminal acetylenes is 1. The van der Waals surface area contributed by atoms with Gasteiger partial charge in [0.2, 0.25) is 0 Å². The molecule has 0 aliphatic carbocycles. The SMILES string of the molecule is C#CCN1CCC[C@H]1COC(=O)c1cccc(C#N)c1. The smallest absolute Gasteiger partial charge is 0.338 e. The Labute approximate surface area is 119 Å². The van der Waals surface area contributed by atoms with E-state index in [0.717, 1.165) is 19.4 Å². The molecule has 20 heavy (non-hydrogen) atoms. The van der Waals surface area contributed by atoms with E-state index in [1.54, 1.807) is 18.2 Å². The summed E-state index contributed by atoms with van der Waals surface area (Å²) in [6, 6.07) is 8.73. The molecule has 4 heteroatoms. The standard InChI is InChI=1S/C16H16N2O2/c1-2-8-18-9-4-7-15(18)12-20-16(19)14-6-3-5-13(10-14)11-17/h1,3,5-6,10,15H,4,7-9,12H2/t15-/m0/s1. The highest BCUT2D eigenvalue weighted by Gasteiger charge is 2.25. The van der Waals surface area contributed by atoms with Gasteiger partial charge in [0, 0.05) is 6.04 Å². The molecule has 2 rings (SSSR count). The largest absolute Gasteiger partial charge is 0.460 e. The van der Waals surface area contributed by atoms with Gasteiger partial charge < -0.3 is 4.74 Å². The average Bonchev–Trinajstić information content (AvgIpc) is 2.92. The van der Waals surface area contributed by atoms with Crippen molar-refractivity contribution in [2.24, 2.45) is 0 Å². The van der Waals surface area contributed by atoms with E-state index in [-0.39, 0.29) is 6.04 Å². The zero-order chi connectivity index (χ0) is 14.4. The van der Waals surface area contributed by atoms with Crippen LogP contribution in [0.4, 0.5) is 0 Å². The van der Waals surface area contributed by atoms with E-state index in [2.05, 4.69) is 10.8 Å². The lowest BCUT2D eigenvalue weighted by atomic mass is 10.1. The summed E-state index contributed by atoms with van der Waals surface area (Å²) >= 11 is 0. The summed E-state index contributed by atoms with van der Waals surface area (Å²) < 4.78 is 5.33. The Balaban J connectivity index is 1.92. The quantitative estimate of drug-likeness (QED) is 0.617. The molecule has 1 aliphatic rings. The second-order valence-corrected chi connectivity index (χ2v) is 4.76. The number of nitriles is 1. The van der Waals surface area contributed by atoms with Crippen LogP contribution in [-0.2, 0) is 4.74 Å². The maximum Gasteiger partial charge on any atom is 0.338 e. The maximum atomic E-state index is 11.9. The number of nitrogens with zero attached hydrogens (tertiary/aromatic N) is 2. The third-order valence-corrected chi connectivity index (χ3v) is 3.43. The van der Waals surface area contributed by atoms with Crippen molar-refractivity contribution in [3.05, 3.63) is 35.4 Å². The summed E-state index contributed by atoms with van der Waals surface area (Å²) in [5, 5.41) is 8.81. The molecular formula is C16H16N2O2. The fraction of sp³-hybridized carbons (Fsp3) is 0.375. The van der Waals surface area contributed by atoms with E-state index in [9.17, 15) is 4.79 Å². The van der Waals surface area contributed by atoms with Crippen LogP contribution >= 0.6 is 0 Å². The van der Waals surface area contributed by atoms with Crippen LogP contribution in [0.1, 0.15) is 28.8 Å². The second kappa shape index (κ2) is 6.75. The third-order valence-electron chi connectivity index (χ3n) is 3.43. The summed E-state index contributed by atoms with van der Waals surface area (Å²) in [4.78, 5) is 14.1. The first-order chi connectivity index (χ1) is 9.74. The highest BCUT2D eigenvalue weighted by molar-refractivity contribution is 5.89. The first kappa shape index (κ1) is 14.1. The van der Waals surface area contributed by atoms with Gasteiger partial charge in [-0.05, 0) is 37.6 Å². The molecule has 4 nitrogen and oxygen atoms in total.